The Bertz CT molecular complexity index is 221. The third-order valence-corrected chi connectivity index (χ3v) is 1.73. The van der Waals surface area contributed by atoms with Crippen LogP contribution in [0.25, 0.3) is 0 Å². The summed E-state index contributed by atoms with van der Waals surface area (Å²) in [6.07, 6.45) is -2.73. The molecule has 0 fully saturated rings. The highest BCUT2D eigenvalue weighted by molar-refractivity contribution is 7.09. The van der Waals surface area contributed by atoms with Crippen LogP contribution in [0.1, 0.15) is 5.01 Å². The Morgan fingerprint density at radius 1 is 1.50 bits per heavy atom. The highest BCUT2D eigenvalue weighted by Crippen LogP contribution is 2.15. The fourth-order valence-corrected chi connectivity index (χ4v) is 1.13. The van der Waals surface area contributed by atoms with Gasteiger partial charge in [0.2, 0.25) is 0 Å². The monoisotopic (exact) mass is 197 g/mol. The fraction of sp³-hybridized carbons (Fsp3) is 0.500. The second-order valence-electron chi connectivity index (χ2n) is 2.03. The molecule has 0 aliphatic rings. The summed E-state index contributed by atoms with van der Waals surface area (Å²) in [4.78, 5) is 3.76. The van der Waals surface area contributed by atoms with Crippen LogP contribution in [0.4, 0.5) is 13.2 Å². The van der Waals surface area contributed by atoms with E-state index in [1.54, 1.807) is 5.38 Å². The fourth-order valence-electron chi connectivity index (χ4n) is 0.578. The molecule has 0 spiro atoms. The number of nitrogens with zero attached hydrogens (tertiary/aromatic N) is 1. The van der Waals surface area contributed by atoms with Gasteiger partial charge in [-0.25, -0.2) is 4.98 Å². The van der Waals surface area contributed by atoms with Crippen molar-refractivity contribution in [2.24, 2.45) is 0 Å². The molecule has 6 heteroatoms. The van der Waals surface area contributed by atoms with Crippen molar-refractivity contribution in [2.75, 3.05) is 6.61 Å². The highest BCUT2D eigenvalue weighted by Gasteiger charge is 2.27. The third kappa shape index (κ3) is 3.68. The van der Waals surface area contributed by atoms with E-state index < -0.39 is 12.8 Å². The van der Waals surface area contributed by atoms with Crippen LogP contribution in [0.15, 0.2) is 11.6 Å². The SMILES string of the molecule is FC(F)(F)COCc1nccs1. The van der Waals surface area contributed by atoms with Crippen molar-refractivity contribution in [2.45, 2.75) is 12.8 Å². The minimum absolute atomic E-state index is 0.0722. The molecule has 0 saturated carbocycles. The lowest BCUT2D eigenvalue weighted by atomic mass is 10.7. The van der Waals surface area contributed by atoms with E-state index >= 15 is 0 Å². The van der Waals surface area contributed by atoms with Crippen LogP contribution < -0.4 is 0 Å². The van der Waals surface area contributed by atoms with Gasteiger partial charge >= 0.3 is 6.18 Å². The molecule has 1 heterocycles. The molecule has 0 aliphatic heterocycles. The molecule has 0 N–H and O–H groups in total. The Kier molecular flexibility index (Phi) is 3.05. The summed E-state index contributed by atoms with van der Waals surface area (Å²) in [6.45, 7) is -1.29. The minimum Gasteiger partial charge on any atom is -0.365 e. The Morgan fingerprint density at radius 3 is 2.75 bits per heavy atom. The molecule has 0 bridgehead atoms. The van der Waals surface area contributed by atoms with Crippen molar-refractivity contribution < 1.29 is 17.9 Å². The van der Waals surface area contributed by atoms with E-state index in [0.29, 0.717) is 5.01 Å². The maximum atomic E-state index is 11.5. The molecule has 0 aromatic carbocycles. The van der Waals surface area contributed by atoms with Gasteiger partial charge in [0.25, 0.3) is 0 Å². The van der Waals surface area contributed by atoms with E-state index in [-0.39, 0.29) is 6.61 Å². The molecular weight excluding hydrogens is 191 g/mol. The zero-order valence-electron chi connectivity index (χ0n) is 5.97. The van der Waals surface area contributed by atoms with Gasteiger partial charge in [0.15, 0.2) is 0 Å². The summed E-state index contributed by atoms with van der Waals surface area (Å²) in [5.74, 6) is 0. The number of alkyl halides is 3. The number of aromatic nitrogens is 1. The van der Waals surface area contributed by atoms with Crippen molar-refractivity contribution >= 4 is 11.3 Å². The molecule has 12 heavy (non-hydrogen) atoms. The minimum atomic E-state index is -4.25. The first-order chi connectivity index (χ1) is 5.58. The number of thiazole rings is 1. The molecular formula is C6H6F3NOS. The first-order valence-corrected chi connectivity index (χ1v) is 3.99. The number of rotatable bonds is 3. The van der Waals surface area contributed by atoms with Crippen LogP contribution in [0.5, 0.6) is 0 Å². The van der Waals surface area contributed by atoms with Crippen LogP contribution in [0.2, 0.25) is 0 Å². The average molecular weight is 197 g/mol. The summed E-state index contributed by atoms with van der Waals surface area (Å²) in [7, 11) is 0. The van der Waals surface area contributed by atoms with Gasteiger partial charge in [-0.05, 0) is 0 Å². The Morgan fingerprint density at radius 2 is 2.25 bits per heavy atom. The molecule has 0 aliphatic carbocycles. The van der Waals surface area contributed by atoms with Gasteiger partial charge in [-0.1, -0.05) is 0 Å². The lowest BCUT2D eigenvalue weighted by Crippen LogP contribution is -2.16. The molecule has 0 atom stereocenters. The van der Waals surface area contributed by atoms with Gasteiger partial charge in [0, 0.05) is 11.6 Å². The molecule has 0 amide bonds. The van der Waals surface area contributed by atoms with Crippen LogP contribution >= 0.6 is 11.3 Å². The maximum absolute atomic E-state index is 11.5. The van der Waals surface area contributed by atoms with E-state index in [1.165, 1.54) is 17.5 Å². The Hall–Kier alpha value is -0.620. The van der Waals surface area contributed by atoms with Crippen LogP contribution in [-0.2, 0) is 11.3 Å². The normalized spacial score (nSPS) is 11.9. The average Bonchev–Trinajstić information content (AvgIpc) is 2.36. The van der Waals surface area contributed by atoms with Gasteiger partial charge in [0.05, 0.1) is 6.61 Å². The van der Waals surface area contributed by atoms with Gasteiger partial charge in [-0.3, -0.25) is 0 Å². The first-order valence-electron chi connectivity index (χ1n) is 3.11. The Labute approximate surface area is 71.0 Å². The summed E-state index contributed by atoms with van der Waals surface area (Å²) < 4.78 is 39.0. The second kappa shape index (κ2) is 3.86. The third-order valence-electron chi connectivity index (χ3n) is 0.975. The molecule has 0 saturated heterocycles. The number of halogens is 3. The zero-order valence-corrected chi connectivity index (χ0v) is 6.78. The Balaban J connectivity index is 2.20. The summed E-state index contributed by atoms with van der Waals surface area (Å²) >= 11 is 1.27. The standard InChI is InChI=1S/C6H6F3NOS/c7-6(8,9)4-11-3-5-10-1-2-12-5/h1-2H,3-4H2. The van der Waals surface area contributed by atoms with Crippen LogP contribution in [-0.4, -0.2) is 17.8 Å². The summed E-state index contributed by atoms with van der Waals surface area (Å²) in [6, 6.07) is 0. The number of ether oxygens (including phenoxy) is 1. The zero-order chi connectivity index (χ0) is 9.03. The van der Waals surface area contributed by atoms with Crippen molar-refractivity contribution in [1.29, 1.82) is 0 Å². The lowest BCUT2D eigenvalue weighted by molar-refractivity contribution is -0.176. The lowest BCUT2D eigenvalue weighted by Gasteiger charge is -2.05. The number of hydrogen-bond acceptors (Lipinski definition) is 3. The topological polar surface area (TPSA) is 22.1 Å². The van der Waals surface area contributed by atoms with E-state index in [4.69, 9.17) is 0 Å². The van der Waals surface area contributed by atoms with E-state index in [2.05, 4.69) is 9.72 Å². The molecule has 0 radical (unpaired) electrons. The largest absolute Gasteiger partial charge is 0.411 e. The molecule has 1 aromatic heterocycles. The predicted octanol–water partition coefficient (Wildman–Crippen LogP) is 2.22. The van der Waals surface area contributed by atoms with Crippen molar-refractivity contribution in [1.82, 2.24) is 4.98 Å². The molecule has 0 unspecified atom stereocenters. The van der Waals surface area contributed by atoms with E-state index in [9.17, 15) is 13.2 Å². The highest BCUT2D eigenvalue weighted by atomic mass is 32.1. The van der Waals surface area contributed by atoms with Crippen molar-refractivity contribution in [3.63, 3.8) is 0 Å². The molecule has 68 valence electrons. The summed E-state index contributed by atoms with van der Waals surface area (Å²) in [5.41, 5.74) is 0. The predicted molar refractivity (Wildman–Crippen MR) is 37.8 cm³/mol. The van der Waals surface area contributed by atoms with Gasteiger partial charge in [0.1, 0.15) is 11.6 Å². The van der Waals surface area contributed by atoms with Gasteiger partial charge in [-0.2, -0.15) is 13.2 Å². The van der Waals surface area contributed by atoms with Crippen molar-refractivity contribution in [3.8, 4) is 0 Å². The van der Waals surface area contributed by atoms with Crippen LogP contribution in [0, 0.1) is 0 Å². The smallest absolute Gasteiger partial charge is 0.365 e. The van der Waals surface area contributed by atoms with E-state index in [0.717, 1.165) is 0 Å². The molecule has 1 rings (SSSR count). The van der Waals surface area contributed by atoms with Crippen LogP contribution in [0.3, 0.4) is 0 Å². The number of hydrogen-bond donors (Lipinski definition) is 0. The molecule has 2 nitrogen and oxygen atoms in total. The summed E-state index contributed by atoms with van der Waals surface area (Å²) in [5, 5.41) is 2.24. The second-order valence-corrected chi connectivity index (χ2v) is 3.01. The van der Waals surface area contributed by atoms with Gasteiger partial charge in [-0.15, -0.1) is 11.3 Å². The quantitative estimate of drug-likeness (QED) is 0.741. The maximum Gasteiger partial charge on any atom is 0.411 e. The van der Waals surface area contributed by atoms with Gasteiger partial charge < -0.3 is 4.74 Å². The van der Waals surface area contributed by atoms with Crippen molar-refractivity contribution in [3.05, 3.63) is 16.6 Å². The first kappa shape index (κ1) is 9.47. The molecule has 1 aromatic rings. The van der Waals surface area contributed by atoms with E-state index in [1.807, 2.05) is 0 Å².